The molecule has 0 aliphatic carbocycles. The molecule has 0 radical (unpaired) electrons. The summed E-state index contributed by atoms with van der Waals surface area (Å²) in [4.78, 5) is 22.2. The number of hydrogen-bond acceptors (Lipinski definition) is 4. The fourth-order valence-electron chi connectivity index (χ4n) is 4.94. The number of halogens is 1. The fraction of sp³-hybridized carbons (Fsp3) is 0.233. The molecule has 186 valence electrons. The van der Waals surface area contributed by atoms with Gasteiger partial charge in [0, 0.05) is 44.4 Å². The summed E-state index contributed by atoms with van der Waals surface area (Å²) in [7, 11) is 1.86. The van der Waals surface area contributed by atoms with Crippen molar-refractivity contribution in [3.8, 4) is 6.07 Å². The summed E-state index contributed by atoms with van der Waals surface area (Å²) in [6.45, 7) is 2.45. The fourth-order valence-corrected chi connectivity index (χ4v) is 5.15. The van der Waals surface area contributed by atoms with Crippen molar-refractivity contribution in [2.45, 2.75) is 38.6 Å². The van der Waals surface area contributed by atoms with Gasteiger partial charge in [-0.05, 0) is 52.9 Å². The summed E-state index contributed by atoms with van der Waals surface area (Å²) in [5, 5.41) is 9.75. The van der Waals surface area contributed by atoms with Gasteiger partial charge in [-0.3, -0.25) is 9.69 Å². The van der Waals surface area contributed by atoms with E-state index in [0.29, 0.717) is 43.2 Å². The molecule has 7 heteroatoms. The third-order valence-electron chi connectivity index (χ3n) is 6.92. The van der Waals surface area contributed by atoms with E-state index in [4.69, 9.17) is 16.9 Å². The third kappa shape index (κ3) is 5.75. The van der Waals surface area contributed by atoms with Gasteiger partial charge < -0.3 is 9.47 Å². The standard InChI is InChI=1S/C30H28ClN5O/c1-34(17-24-5-4-8-27(31)13-24)30(37)29-14-25-6-2-3-7-26(25)19-35(29)20-28-16-33-21-36(28)18-23-11-9-22(15-32)10-12-23/h2-13,16,21,29H,14,17-20H2,1H3/t29-/m0/s1. The summed E-state index contributed by atoms with van der Waals surface area (Å²) in [6.07, 6.45) is 4.37. The highest BCUT2D eigenvalue weighted by Crippen LogP contribution is 2.27. The van der Waals surface area contributed by atoms with Gasteiger partial charge in [0.05, 0.1) is 29.7 Å². The molecule has 1 atom stereocenters. The van der Waals surface area contributed by atoms with E-state index in [2.05, 4.69) is 38.7 Å². The Morgan fingerprint density at radius 3 is 2.59 bits per heavy atom. The van der Waals surface area contributed by atoms with Gasteiger partial charge in [0.15, 0.2) is 0 Å². The van der Waals surface area contributed by atoms with Crippen LogP contribution in [-0.4, -0.2) is 38.3 Å². The molecule has 1 aliphatic rings. The third-order valence-corrected chi connectivity index (χ3v) is 7.15. The van der Waals surface area contributed by atoms with E-state index in [1.165, 1.54) is 11.1 Å². The van der Waals surface area contributed by atoms with E-state index in [1.54, 1.807) is 4.90 Å². The summed E-state index contributed by atoms with van der Waals surface area (Å²) in [5.41, 5.74) is 6.26. The Balaban J connectivity index is 1.37. The molecule has 1 aliphatic heterocycles. The molecule has 5 rings (SSSR count). The monoisotopic (exact) mass is 509 g/mol. The number of amides is 1. The molecule has 1 aromatic heterocycles. The quantitative estimate of drug-likeness (QED) is 0.350. The van der Waals surface area contributed by atoms with Crippen molar-refractivity contribution in [1.82, 2.24) is 19.4 Å². The Labute approximate surface area is 222 Å². The second-order valence-corrected chi connectivity index (χ2v) is 9.98. The normalized spacial score (nSPS) is 15.1. The van der Waals surface area contributed by atoms with Crippen LogP contribution in [0.2, 0.25) is 5.02 Å². The molecule has 0 unspecified atom stereocenters. The van der Waals surface area contributed by atoms with Gasteiger partial charge in [-0.2, -0.15) is 5.26 Å². The van der Waals surface area contributed by atoms with E-state index in [9.17, 15) is 4.79 Å². The maximum absolute atomic E-state index is 13.8. The van der Waals surface area contributed by atoms with E-state index >= 15 is 0 Å². The Hall–Kier alpha value is -3.92. The SMILES string of the molecule is CN(Cc1cccc(Cl)c1)C(=O)[C@@H]1Cc2ccccc2CN1Cc1cncn1Cc1ccc(C#N)cc1. The van der Waals surface area contributed by atoms with E-state index < -0.39 is 0 Å². The van der Waals surface area contributed by atoms with Gasteiger partial charge in [-0.15, -0.1) is 0 Å². The minimum atomic E-state index is -0.280. The number of rotatable bonds is 7. The minimum Gasteiger partial charge on any atom is -0.340 e. The van der Waals surface area contributed by atoms with Crippen LogP contribution in [0.5, 0.6) is 0 Å². The first-order valence-corrected chi connectivity index (χ1v) is 12.7. The second kappa shape index (κ2) is 11.0. The lowest BCUT2D eigenvalue weighted by atomic mass is 9.93. The second-order valence-electron chi connectivity index (χ2n) is 9.54. The average molecular weight is 510 g/mol. The van der Waals surface area contributed by atoms with Crippen molar-refractivity contribution < 1.29 is 4.79 Å². The van der Waals surface area contributed by atoms with Crippen molar-refractivity contribution in [3.63, 3.8) is 0 Å². The predicted octanol–water partition coefficient (Wildman–Crippen LogP) is 5.04. The van der Waals surface area contributed by atoms with Gasteiger partial charge in [-0.1, -0.05) is 60.1 Å². The van der Waals surface area contributed by atoms with E-state index in [0.717, 1.165) is 16.8 Å². The first-order chi connectivity index (χ1) is 18.0. The van der Waals surface area contributed by atoms with E-state index in [1.807, 2.05) is 74.2 Å². The Morgan fingerprint density at radius 2 is 1.84 bits per heavy atom. The summed E-state index contributed by atoms with van der Waals surface area (Å²) >= 11 is 6.17. The smallest absolute Gasteiger partial charge is 0.240 e. The van der Waals surface area contributed by atoms with Crippen LogP contribution in [0, 0.1) is 11.3 Å². The number of nitrogens with zero attached hydrogens (tertiary/aromatic N) is 5. The van der Waals surface area contributed by atoms with Gasteiger partial charge in [0.25, 0.3) is 0 Å². The number of likely N-dealkylation sites (N-methyl/N-ethyl adjacent to an activating group) is 1. The van der Waals surface area contributed by atoms with Crippen LogP contribution in [0.1, 0.15) is 33.5 Å². The van der Waals surface area contributed by atoms with Crippen LogP contribution in [0.3, 0.4) is 0 Å². The molecule has 6 nitrogen and oxygen atoms in total. The Bertz CT molecular complexity index is 1440. The highest BCUT2D eigenvalue weighted by atomic mass is 35.5. The number of aromatic nitrogens is 2. The van der Waals surface area contributed by atoms with Crippen molar-refractivity contribution in [2.75, 3.05) is 7.05 Å². The van der Waals surface area contributed by atoms with Gasteiger partial charge in [0.2, 0.25) is 5.91 Å². The summed E-state index contributed by atoms with van der Waals surface area (Å²) in [5.74, 6) is 0.0904. The van der Waals surface area contributed by atoms with Gasteiger partial charge in [-0.25, -0.2) is 4.98 Å². The average Bonchev–Trinajstić information content (AvgIpc) is 3.34. The van der Waals surface area contributed by atoms with Crippen LogP contribution in [0.4, 0.5) is 0 Å². The number of carbonyl (C=O) groups is 1. The molecule has 0 bridgehead atoms. The van der Waals surface area contributed by atoms with Crippen LogP contribution in [0.15, 0.2) is 85.3 Å². The van der Waals surface area contributed by atoms with Crippen LogP contribution >= 0.6 is 11.6 Å². The lowest BCUT2D eigenvalue weighted by Crippen LogP contribution is -2.50. The van der Waals surface area contributed by atoms with Crippen molar-refractivity contribution in [1.29, 1.82) is 5.26 Å². The molecule has 0 spiro atoms. The molecule has 4 aromatic rings. The zero-order chi connectivity index (χ0) is 25.8. The van der Waals surface area contributed by atoms with Crippen LogP contribution in [-0.2, 0) is 37.4 Å². The summed E-state index contributed by atoms with van der Waals surface area (Å²) < 4.78 is 2.11. The highest BCUT2D eigenvalue weighted by molar-refractivity contribution is 6.30. The molecule has 0 N–H and O–H groups in total. The lowest BCUT2D eigenvalue weighted by molar-refractivity contribution is -0.137. The Kier molecular flexibility index (Phi) is 7.36. The summed E-state index contributed by atoms with van der Waals surface area (Å²) in [6, 6.07) is 25.5. The molecule has 2 heterocycles. The number of fused-ring (bicyclic) bond motifs is 1. The zero-order valence-electron chi connectivity index (χ0n) is 20.7. The number of nitriles is 1. The first kappa shape index (κ1) is 24.8. The molecular formula is C30H28ClN5O. The molecule has 37 heavy (non-hydrogen) atoms. The molecule has 0 saturated carbocycles. The van der Waals surface area contributed by atoms with Gasteiger partial charge in [0.1, 0.15) is 0 Å². The molecular weight excluding hydrogens is 482 g/mol. The van der Waals surface area contributed by atoms with Crippen molar-refractivity contribution >= 4 is 17.5 Å². The van der Waals surface area contributed by atoms with E-state index in [-0.39, 0.29) is 11.9 Å². The molecule has 0 fully saturated rings. The zero-order valence-corrected chi connectivity index (χ0v) is 21.5. The molecule has 0 saturated heterocycles. The number of carbonyl (C=O) groups excluding carboxylic acids is 1. The Morgan fingerprint density at radius 1 is 1.05 bits per heavy atom. The number of imidazole rings is 1. The van der Waals surface area contributed by atoms with Crippen LogP contribution < -0.4 is 0 Å². The van der Waals surface area contributed by atoms with Crippen molar-refractivity contribution in [3.05, 3.63) is 124 Å². The highest BCUT2D eigenvalue weighted by Gasteiger charge is 2.33. The maximum atomic E-state index is 13.8. The molecule has 3 aromatic carbocycles. The number of benzene rings is 3. The topological polar surface area (TPSA) is 65.2 Å². The maximum Gasteiger partial charge on any atom is 0.240 e. The minimum absolute atomic E-state index is 0.0904. The largest absolute Gasteiger partial charge is 0.340 e. The first-order valence-electron chi connectivity index (χ1n) is 12.3. The van der Waals surface area contributed by atoms with Crippen LogP contribution in [0.25, 0.3) is 0 Å². The number of hydrogen-bond donors (Lipinski definition) is 0. The molecule has 1 amide bonds. The van der Waals surface area contributed by atoms with Gasteiger partial charge >= 0.3 is 0 Å². The van der Waals surface area contributed by atoms with Crippen molar-refractivity contribution in [2.24, 2.45) is 0 Å². The predicted molar refractivity (Wildman–Crippen MR) is 144 cm³/mol. The lowest BCUT2D eigenvalue weighted by Gasteiger charge is -2.38.